The van der Waals surface area contributed by atoms with E-state index in [1.54, 1.807) is 12.1 Å². The minimum absolute atomic E-state index is 0.0541. The minimum Gasteiger partial charge on any atom is -0.508 e. The van der Waals surface area contributed by atoms with Crippen LogP contribution in [0.25, 0.3) is 0 Å². The maximum atomic E-state index is 13.6. The lowest BCUT2D eigenvalue weighted by atomic mass is 9.90. The van der Waals surface area contributed by atoms with Gasteiger partial charge in [-0.05, 0) is 41.7 Å². The number of carbonyl (C=O) groups excluding carboxylic acids is 2. The van der Waals surface area contributed by atoms with E-state index in [0.717, 1.165) is 16.7 Å². The Bertz CT molecular complexity index is 1210. The van der Waals surface area contributed by atoms with Gasteiger partial charge in [0, 0.05) is 6.54 Å². The number of carbonyl (C=O) groups is 2. The van der Waals surface area contributed by atoms with Gasteiger partial charge in [0.2, 0.25) is 11.8 Å². The Morgan fingerprint density at radius 2 is 1.45 bits per heavy atom. The fraction of sp³-hybridized carbons (Fsp3) is 0.222. The Balaban J connectivity index is 1.81. The van der Waals surface area contributed by atoms with E-state index in [9.17, 15) is 24.8 Å². The number of hydrazone groups is 1. The number of rotatable bonds is 12. The summed E-state index contributed by atoms with van der Waals surface area (Å²) in [6, 6.07) is 22.7. The van der Waals surface area contributed by atoms with Crippen LogP contribution in [0.1, 0.15) is 35.4 Å². The number of phenols is 1. The van der Waals surface area contributed by atoms with Crippen molar-refractivity contribution in [3.05, 3.63) is 112 Å². The summed E-state index contributed by atoms with van der Waals surface area (Å²) in [6.07, 6.45) is 0.112. The molecule has 38 heavy (non-hydrogen) atoms. The molecule has 1 unspecified atom stereocenters. The van der Waals surface area contributed by atoms with Crippen molar-refractivity contribution in [2.24, 2.45) is 16.6 Å². The maximum absolute atomic E-state index is 13.6. The maximum Gasteiger partial charge on any atom is 0.242 e. The van der Waals surface area contributed by atoms with Gasteiger partial charge in [-0.2, -0.15) is 0 Å². The molecule has 0 heterocycles. The van der Waals surface area contributed by atoms with Crippen LogP contribution in [-0.4, -0.2) is 39.9 Å². The number of nitrogens with two attached hydrogens (primary N) is 2. The van der Waals surface area contributed by atoms with Crippen molar-refractivity contribution in [1.29, 1.82) is 0 Å². The van der Waals surface area contributed by atoms with Gasteiger partial charge >= 0.3 is 0 Å². The summed E-state index contributed by atoms with van der Waals surface area (Å²) >= 11 is 0. The predicted octanol–water partition coefficient (Wildman–Crippen LogP) is 1.98. The molecule has 0 bridgehead atoms. The van der Waals surface area contributed by atoms with Gasteiger partial charge in [0.1, 0.15) is 11.8 Å². The standard InChI is InChI=1S/C27H30N6O5/c28-22(25(29)32-33(37)38)15-16-23(26(35)30-17-18-11-13-21(34)14-12-18)31-27(36)24(19-7-3-1-4-8-19)20-9-5-2-6-10-20/h1-14,22-24,34H,15-17,28H2,(H2,29,32)(H,30,35)(H,31,36)/t22?,23-/m0/s1. The van der Waals surface area contributed by atoms with Gasteiger partial charge in [-0.3, -0.25) is 9.59 Å². The van der Waals surface area contributed by atoms with E-state index in [2.05, 4.69) is 15.7 Å². The third-order valence-electron chi connectivity index (χ3n) is 5.91. The molecule has 0 aliphatic carbocycles. The first-order valence-electron chi connectivity index (χ1n) is 11.9. The molecule has 2 amide bonds. The van der Waals surface area contributed by atoms with Crippen LogP contribution >= 0.6 is 0 Å². The molecule has 0 aromatic heterocycles. The summed E-state index contributed by atoms with van der Waals surface area (Å²) in [4.78, 5) is 37.4. The number of benzene rings is 3. The van der Waals surface area contributed by atoms with Crippen molar-refractivity contribution >= 4 is 17.6 Å². The Labute approximate surface area is 219 Å². The van der Waals surface area contributed by atoms with Crippen LogP contribution in [0, 0.1) is 10.1 Å². The Morgan fingerprint density at radius 1 is 0.895 bits per heavy atom. The van der Waals surface area contributed by atoms with E-state index in [0.29, 0.717) is 0 Å². The molecule has 0 aliphatic rings. The zero-order chi connectivity index (χ0) is 27.5. The van der Waals surface area contributed by atoms with Crippen LogP contribution in [0.15, 0.2) is 90.0 Å². The highest BCUT2D eigenvalue weighted by atomic mass is 16.7. The molecular weight excluding hydrogens is 488 g/mol. The number of amides is 2. The molecule has 3 aromatic rings. The Morgan fingerprint density at radius 3 is 1.97 bits per heavy atom. The molecule has 3 aromatic carbocycles. The predicted molar refractivity (Wildman–Crippen MR) is 142 cm³/mol. The normalized spacial score (nSPS) is 12.9. The fourth-order valence-corrected chi connectivity index (χ4v) is 3.90. The number of hydrogen-bond donors (Lipinski definition) is 5. The van der Waals surface area contributed by atoms with Gasteiger partial charge in [0.05, 0.1) is 17.1 Å². The highest BCUT2D eigenvalue weighted by Crippen LogP contribution is 2.25. The first-order chi connectivity index (χ1) is 18.2. The lowest BCUT2D eigenvalue weighted by Crippen LogP contribution is -2.49. The number of nitrogens with zero attached hydrogens (tertiary/aromatic N) is 2. The zero-order valence-corrected chi connectivity index (χ0v) is 20.6. The van der Waals surface area contributed by atoms with Crippen molar-refractivity contribution in [3.63, 3.8) is 0 Å². The number of amidine groups is 1. The Kier molecular flexibility index (Phi) is 9.89. The summed E-state index contributed by atoms with van der Waals surface area (Å²) in [6.45, 7) is 0.156. The third-order valence-corrected chi connectivity index (χ3v) is 5.91. The minimum atomic E-state index is -1.01. The molecule has 0 fully saturated rings. The van der Waals surface area contributed by atoms with Crippen LogP contribution in [0.3, 0.4) is 0 Å². The van der Waals surface area contributed by atoms with E-state index in [1.165, 1.54) is 12.1 Å². The second-order valence-corrected chi connectivity index (χ2v) is 8.65. The summed E-state index contributed by atoms with van der Waals surface area (Å²) in [5.74, 6) is -1.83. The van der Waals surface area contributed by atoms with Crippen LogP contribution in [-0.2, 0) is 16.1 Å². The van der Waals surface area contributed by atoms with E-state index >= 15 is 0 Å². The van der Waals surface area contributed by atoms with Gasteiger partial charge in [-0.25, -0.2) is 10.1 Å². The summed E-state index contributed by atoms with van der Waals surface area (Å²) in [5.41, 5.74) is 13.8. The lowest BCUT2D eigenvalue weighted by molar-refractivity contribution is -0.485. The number of nitro groups is 1. The number of phenolic OH excluding ortho intramolecular Hbond substituents is 1. The van der Waals surface area contributed by atoms with Crippen LogP contribution < -0.4 is 22.1 Å². The van der Waals surface area contributed by atoms with Gasteiger partial charge < -0.3 is 27.2 Å². The molecule has 0 aliphatic heterocycles. The number of hydrogen-bond acceptors (Lipinski definition) is 6. The first kappa shape index (κ1) is 27.8. The molecule has 11 heteroatoms. The average Bonchev–Trinajstić information content (AvgIpc) is 2.91. The van der Waals surface area contributed by atoms with Crippen molar-refractivity contribution in [2.75, 3.05) is 0 Å². The van der Waals surface area contributed by atoms with Crippen LogP contribution in [0.2, 0.25) is 0 Å². The molecule has 0 spiro atoms. The number of aromatic hydroxyl groups is 1. The Hall–Kier alpha value is -4.77. The second kappa shape index (κ2) is 13.5. The van der Waals surface area contributed by atoms with Gasteiger partial charge in [-0.1, -0.05) is 72.8 Å². The SMILES string of the molecule is NC(=N[N+](=O)[O-])C(N)CC[C@H](NC(=O)C(c1ccccc1)c1ccccc1)C(=O)NCc1ccc(O)cc1. The van der Waals surface area contributed by atoms with Crippen LogP contribution in [0.4, 0.5) is 0 Å². The highest BCUT2D eigenvalue weighted by molar-refractivity contribution is 5.92. The van der Waals surface area contributed by atoms with Crippen molar-refractivity contribution in [3.8, 4) is 5.75 Å². The molecule has 198 valence electrons. The van der Waals surface area contributed by atoms with E-state index in [-0.39, 0.29) is 31.0 Å². The van der Waals surface area contributed by atoms with Crippen molar-refractivity contribution in [1.82, 2.24) is 10.6 Å². The van der Waals surface area contributed by atoms with Gasteiger partial charge in [0.15, 0.2) is 10.9 Å². The highest BCUT2D eigenvalue weighted by Gasteiger charge is 2.28. The smallest absolute Gasteiger partial charge is 0.242 e. The summed E-state index contributed by atoms with van der Waals surface area (Å²) in [5, 5.41) is 27.8. The quantitative estimate of drug-likeness (QED) is 0.105. The van der Waals surface area contributed by atoms with E-state index in [4.69, 9.17) is 11.5 Å². The second-order valence-electron chi connectivity index (χ2n) is 8.65. The molecule has 3 rings (SSSR count). The fourth-order valence-electron chi connectivity index (χ4n) is 3.90. The van der Waals surface area contributed by atoms with Crippen LogP contribution in [0.5, 0.6) is 5.75 Å². The monoisotopic (exact) mass is 518 g/mol. The average molecular weight is 519 g/mol. The van der Waals surface area contributed by atoms with E-state index in [1.807, 2.05) is 60.7 Å². The molecule has 0 saturated heterocycles. The molecular formula is C27H30N6O5. The van der Waals surface area contributed by atoms with Gasteiger partial charge in [-0.15, -0.1) is 0 Å². The summed E-state index contributed by atoms with van der Waals surface area (Å²) < 4.78 is 0. The van der Waals surface area contributed by atoms with Gasteiger partial charge in [0.25, 0.3) is 0 Å². The topological polar surface area (TPSA) is 186 Å². The third kappa shape index (κ3) is 8.14. The van der Waals surface area contributed by atoms with E-state index < -0.39 is 34.8 Å². The molecule has 11 nitrogen and oxygen atoms in total. The molecule has 0 radical (unpaired) electrons. The lowest BCUT2D eigenvalue weighted by Gasteiger charge is -2.24. The molecule has 7 N–H and O–H groups in total. The van der Waals surface area contributed by atoms with Crippen molar-refractivity contribution < 1.29 is 19.7 Å². The number of nitrogens with one attached hydrogen (secondary N) is 2. The molecule has 2 atom stereocenters. The first-order valence-corrected chi connectivity index (χ1v) is 11.9. The van der Waals surface area contributed by atoms with Crippen molar-refractivity contribution in [2.45, 2.75) is 37.4 Å². The largest absolute Gasteiger partial charge is 0.508 e. The zero-order valence-electron chi connectivity index (χ0n) is 20.6. The summed E-state index contributed by atoms with van der Waals surface area (Å²) in [7, 11) is 0. The molecule has 0 saturated carbocycles.